The molecule has 1 unspecified atom stereocenters. The van der Waals surface area contributed by atoms with E-state index in [2.05, 4.69) is 0 Å². The minimum atomic E-state index is -0.898. The number of carboxylic acid groups (broad SMARTS) is 1. The highest BCUT2D eigenvalue weighted by Gasteiger charge is 2.09. The first-order valence-electron chi connectivity index (χ1n) is 4.65. The summed E-state index contributed by atoms with van der Waals surface area (Å²) in [5, 5.41) is 8.76. The van der Waals surface area contributed by atoms with Crippen molar-refractivity contribution < 1.29 is 9.90 Å². The van der Waals surface area contributed by atoms with E-state index in [1.54, 1.807) is 18.2 Å². The fraction of sp³-hybridized carbons (Fsp3) is 0.364. The van der Waals surface area contributed by atoms with Crippen molar-refractivity contribution in [2.24, 2.45) is 5.73 Å². The third-order valence-electron chi connectivity index (χ3n) is 2.36. The van der Waals surface area contributed by atoms with E-state index < -0.39 is 5.97 Å². The van der Waals surface area contributed by atoms with Gasteiger partial charge in [-0.25, -0.2) is 4.79 Å². The lowest BCUT2D eigenvalue weighted by Gasteiger charge is -2.12. The van der Waals surface area contributed by atoms with Crippen LogP contribution in [0, 0.1) is 6.92 Å². The molecule has 1 rings (SSSR count). The molecule has 1 aromatic carbocycles. The maximum Gasteiger partial charge on any atom is 0.335 e. The molecule has 1 atom stereocenters. The van der Waals surface area contributed by atoms with Gasteiger partial charge in [0.25, 0.3) is 0 Å². The highest BCUT2D eigenvalue weighted by atomic mass is 16.4. The average molecular weight is 193 g/mol. The number of hydrogen-bond donors (Lipinski definition) is 2. The molecule has 0 radical (unpaired) electrons. The predicted octanol–water partition coefficient (Wildman–Crippen LogP) is 2.10. The highest BCUT2D eigenvalue weighted by Crippen LogP contribution is 2.19. The first-order chi connectivity index (χ1) is 6.56. The second-order valence-corrected chi connectivity index (χ2v) is 3.39. The molecule has 0 aliphatic rings. The summed E-state index contributed by atoms with van der Waals surface area (Å²) in [5.41, 5.74) is 8.16. The molecule has 0 aromatic heterocycles. The summed E-state index contributed by atoms with van der Waals surface area (Å²) in [6.07, 6.45) is 0.854. The summed E-state index contributed by atoms with van der Waals surface area (Å²) in [6, 6.07) is 5.05. The molecular formula is C11H15NO2. The SMILES string of the molecule is CCC(N)c1ccc(C(=O)O)cc1C. The molecule has 3 nitrogen and oxygen atoms in total. The highest BCUT2D eigenvalue weighted by molar-refractivity contribution is 5.87. The third kappa shape index (κ3) is 2.12. The van der Waals surface area contributed by atoms with Crippen molar-refractivity contribution in [3.05, 3.63) is 34.9 Å². The quantitative estimate of drug-likeness (QED) is 0.772. The monoisotopic (exact) mass is 193 g/mol. The maximum atomic E-state index is 10.7. The summed E-state index contributed by atoms with van der Waals surface area (Å²) < 4.78 is 0. The van der Waals surface area contributed by atoms with Crippen molar-refractivity contribution in [2.45, 2.75) is 26.3 Å². The Hall–Kier alpha value is -1.35. The van der Waals surface area contributed by atoms with Crippen LogP contribution in [0.1, 0.15) is 40.9 Å². The number of rotatable bonds is 3. The van der Waals surface area contributed by atoms with Crippen molar-refractivity contribution >= 4 is 5.97 Å². The zero-order valence-electron chi connectivity index (χ0n) is 8.45. The molecular weight excluding hydrogens is 178 g/mol. The summed E-state index contributed by atoms with van der Waals surface area (Å²) in [6.45, 7) is 3.90. The molecule has 76 valence electrons. The summed E-state index contributed by atoms with van der Waals surface area (Å²) >= 11 is 0. The number of nitrogens with two attached hydrogens (primary N) is 1. The van der Waals surface area contributed by atoms with Crippen LogP contribution >= 0.6 is 0 Å². The lowest BCUT2D eigenvalue weighted by Crippen LogP contribution is -2.11. The zero-order valence-corrected chi connectivity index (χ0v) is 8.45. The van der Waals surface area contributed by atoms with Crippen molar-refractivity contribution in [2.75, 3.05) is 0 Å². The lowest BCUT2D eigenvalue weighted by atomic mass is 9.98. The Kier molecular flexibility index (Phi) is 3.25. The Morgan fingerprint density at radius 2 is 2.21 bits per heavy atom. The van der Waals surface area contributed by atoms with Gasteiger partial charge in [-0.15, -0.1) is 0 Å². The van der Waals surface area contributed by atoms with Gasteiger partial charge in [-0.3, -0.25) is 0 Å². The van der Waals surface area contributed by atoms with Gasteiger partial charge in [-0.05, 0) is 36.6 Å². The van der Waals surface area contributed by atoms with E-state index in [-0.39, 0.29) is 6.04 Å². The topological polar surface area (TPSA) is 63.3 Å². The fourth-order valence-electron chi connectivity index (χ4n) is 1.44. The molecule has 3 heteroatoms. The number of aromatic carboxylic acids is 1. The average Bonchev–Trinajstić information content (AvgIpc) is 2.16. The summed E-state index contributed by atoms with van der Waals surface area (Å²) in [7, 11) is 0. The molecule has 14 heavy (non-hydrogen) atoms. The van der Waals surface area contributed by atoms with Gasteiger partial charge in [-0.1, -0.05) is 13.0 Å². The molecule has 0 fully saturated rings. The first kappa shape index (κ1) is 10.7. The molecule has 0 aliphatic carbocycles. The van der Waals surface area contributed by atoms with Crippen LogP contribution in [0.25, 0.3) is 0 Å². The minimum Gasteiger partial charge on any atom is -0.478 e. The van der Waals surface area contributed by atoms with Gasteiger partial charge in [0.15, 0.2) is 0 Å². The van der Waals surface area contributed by atoms with E-state index in [1.165, 1.54) is 0 Å². The van der Waals surface area contributed by atoms with E-state index in [4.69, 9.17) is 10.8 Å². The Morgan fingerprint density at radius 1 is 1.57 bits per heavy atom. The Bertz CT molecular complexity index is 347. The fourth-order valence-corrected chi connectivity index (χ4v) is 1.44. The molecule has 0 saturated heterocycles. The van der Waals surface area contributed by atoms with Crippen LogP contribution in [0.5, 0.6) is 0 Å². The van der Waals surface area contributed by atoms with Crippen LogP contribution < -0.4 is 5.73 Å². The van der Waals surface area contributed by atoms with Crippen molar-refractivity contribution in [1.82, 2.24) is 0 Å². The van der Waals surface area contributed by atoms with Crippen molar-refractivity contribution in [1.29, 1.82) is 0 Å². The number of carbonyl (C=O) groups is 1. The molecule has 0 bridgehead atoms. The van der Waals surface area contributed by atoms with Crippen LogP contribution in [0.15, 0.2) is 18.2 Å². The van der Waals surface area contributed by atoms with Gasteiger partial charge in [-0.2, -0.15) is 0 Å². The van der Waals surface area contributed by atoms with Crippen molar-refractivity contribution in [3.63, 3.8) is 0 Å². The normalized spacial score (nSPS) is 12.5. The zero-order chi connectivity index (χ0) is 10.7. The van der Waals surface area contributed by atoms with E-state index in [0.717, 1.165) is 17.5 Å². The Balaban J connectivity index is 3.07. The largest absolute Gasteiger partial charge is 0.478 e. The lowest BCUT2D eigenvalue weighted by molar-refractivity contribution is 0.0696. The molecule has 0 heterocycles. The van der Waals surface area contributed by atoms with Gasteiger partial charge in [0.1, 0.15) is 0 Å². The van der Waals surface area contributed by atoms with Gasteiger partial charge < -0.3 is 10.8 Å². The molecule has 0 saturated carbocycles. The first-order valence-corrected chi connectivity index (χ1v) is 4.65. The standard InChI is InChI=1S/C11H15NO2/c1-3-10(12)9-5-4-8(11(13)14)6-7(9)2/h4-6,10H,3,12H2,1-2H3,(H,13,14). The Labute approximate surface area is 83.6 Å². The van der Waals surface area contributed by atoms with Crippen LogP contribution in [0.2, 0.25) is 0 Å². The number of benzene rings is 1. The van der Waals surface area contributed by atoms with E-state index in [9.17, 15) is 4.79 Å². The van der Waals surface area contributed by atoms with Crippen molar-refractivity contribution in [3.8, 4) is 0 Å². The molecule has 3 N–H and O–H groups in total. The molecule has 0 aliphatic heterocycles. The van der Waals surface area contributed by atoms with E-state index >= 15 is 0 Å². The number of hydrogen-bond acceptors (Lipinski definition) is 2. The Morgan fingerprint density at radius 3 is 2.64 bits per heavy atom. The maximum absolute atomic E-state index is 10.7. The van der Waals surface area contributed by atoms with Crippen LogP contribution in [0.3, 0.4) is 0 Å². The van der Waals surface area contributed by atoms with Gasteiger partial charge in [0.05, 0.1) is 5.56 Å². The number of aryl methyl sites for hydroxylation is 1. The second kappa shape index (κ2) is 4.24. The number of carboxylic acids is 1. The molecule has 0 amide bonds. The van der Waals surface area contributed by atoms with E-state index in [0.29, 0.717) is 5.56 Å². The molecule has 1 aromatic rings. The predicted molar refractivity (Wildman–Crippen MR) is 55.4 cm³/mol. The third-order valence-corrected chi connectivity index (χ3v) is 2.36. The minimum absolute atomic E-state index is 0.00200. The summed E-state index contributed by atoms with van der Waals surface area (Å²) in [5.74, 6) is -0.898. The van der Waals surface area contributed by atoms with E-state index in [1.807, 2.05) is 13.8 Å². The molecule has 0 spiro atoms. The summed E-state index contributed by atoms with van der Waals surface area (Å²) in [4.78, 5) is 10.7. The van der Waals surface area contributed by atoms with Crippen LogP contribution in [-0.4, -0.2) is 11.1 Å². The van der Waals surface area contributed by atoms with Gasteiger partial charge in [0.2, 0.25) is 0 Å². The van der Waals surface area contributed by atoms with Crippen LogP contribution in [-0.2, 0) is 0 Å². The smallest absolute Gasteiger partial charge is 0.335 e. The van der Waals surface area contributed by atoms with Crippen LogP contribution in [0.4, 0.5) is 0 Å². The van der Waals surface area contributed by atoms with Gasteiger partial charge >= 0.3 is 5.97 Å². The van der Waals surface area contributed by atoms with Gasteiger partial charge in [0, 0.05) is 6.04 Å². The second-order valence-electron chi connectivity index (χ2n) is 3.39.